The SMILES string of the molecule is CCCCC(Oc1ccc(C(N)=NO)cc1)Oc1ccc(-c2nc(C3CCCCC3)sc2CCN2CCN(C)CC2)cc1. The Kier molecular flexibility index (Phi) is 11.3. The molecule has 2 heterocycles. The van der Waals surface area contributed by atoms with Crippen molar-refractivity contribution in [3.05, 3.63) is 64.0 Å². The lowest BCUT2D eigenvalue weighted by Crippen LogP contribution is -2.45. The van der Waals surface area contributed by atoms with Gasteiger partial charge in [0.25, 0.3) is 0 Å². The van der Waals surface area contributed by atoms with Gasteiger partial charge < -0.3 is 30.2 Å². The third-order valence-corrected chi connectivity index (χ3v) is 9.91. The van der Waals surface area contributed by atoms with Gasteiger partial charge in [-0.1, -0.05) is 37.8 Å². The summed E-state index contributed by atoms with van der Waals surface area (Å²) in [6, 6.07) is 15.6. The summed E-state index contributed by atoms with van der Waals surface area (Å²) in [6.07, 6.45) is 9.96. The van der Waals surface area contributed by atoms with E-state index < -0.39 is 6.29 Å². The van der Waals surface area contributed by atoms with E-state index in [1.807, 2.05) is 35.6 Å². The standard InChI is InChI=1S/C34H47N5O3S/c1-3-4-10-31(42-29-17-13-26(14-18-29)33(35)37-40)41-28-15-11-25(12-16-28)32-30(19-20-39-23-21-38(2)22-24-39)43-34(36-32)27-8-6-5-7-9-27/h11-18,27,31,40H,3-10,19-24H2,1-2H3,(H2,35,37). The van der Waals surface area contributed by atoms with Gasteiger partial charge in [0.05, 0.1) is 10.7 Å². The van der Waals surface area contributed by atoms with Gasteiger partial charge in [-0.25, -0.2) is 4.98 Å². The minimum Gasteiger partial charge on any atom is -0.455 e. The summed E-state index contributed by atoms with van der Waals surface area (Å²) >= 11 is 1.95. The number of thiazole rings is 1. The average Bonchev–Trinajstić information content (AvgIpc) is 3.48. The molecule has 8 nitrogen and oxygen atoms in total. The van der Waals surface area contributed by atoms with E-state index in [9.17, 15) is 0 Å². The van der Waals surface area contributed by atoms with Crippen molar-refractivity contribution in [1.82, 2.24) is 14.8 Å². The summed E-state index contributed by atoms with van der Waals surface area (Å²) in [6.45, 7) is 7.82. The fourth-order valence-corrected chi connectivity index (χ4v) is 7.14. The molecular weight excluding hydrogens is 558 g/mol. The molecule has 3 aromatic rings. The Morgan fingerprint density at radius 1 is 1.00 bits per heavy atom. The molecule has 3 N–H and O–H groups in total. The highest BCUT2D eigenvalue weighted by atomic mass is 32.1. The number of piperazine rings is 1. The fraction of sp³-hybridized carbons (Fsp3) is 0.529. The summed E-state index contributed by atoms with van der Waals surface area (Å²) in [5.41, 5.74) is 8.64. The van der Waals surface area contributed by atoms with Crippen LogP contribution in [0, 0.1) is 0 Å². The molecule has 0 radical (unpaired) electrons. The first-order chi connectivity index (χ1) is 21.0. The molecule has 1 unspecified atom stereocenters. The largest absolute Gasteiger partial charge is 0.455 e. The zero-order valence-corrected chi connectivity index (χ0v) is 26.5. The van der Waals surface area contributed by atoms with Gasteiger partial charge in [0, 0.05) is 61.1 Å². The molecule has 43 heavy (non-hydrogen) atoms. The zero-order chi connectivity index (χ0) is 30.0. The monoisotopic (exact) mass is 605 g/mol. The molecule has 232 valence electrons. The topological polar surface area (TPSA) is 96.4 Å². The maximum Gasteiger partial charge on any atom is 0.241 e. The number of benzene rings is 2. The van der Waals surface area contributed by atoms with Crippen LogP contribution in [0.15, 0.2) is 53.7 Å². The minimum atomic E-state index is -0.420. The van der Waals surface area contributed by atoms with Crippen molar-refractivity contribution in [2.45, 2.75) is 76.9 Å². The predicted octanol–water partition coefficient (Wildman–Crippen LogP) is 6.72. The number of aromatic nitrogens is 1. The maximum absolute atomic E-state index is 8.93. The van der Waals surface area contributed by atoms with Crippen LogP contribution in [0.1, 0.15) is 79.7 Å². The quantitative estimate of drug-likeness (QED) is 0.0734. The number of nitrogens with two attached hydrogens (primary N) is 1. The smallest absolute Gasteiger partial charge is 0.241 e. The fourth-order valence-electron chi connectivity index (χ4n) is 5.89. The van der Waals surface area contributed by atoms with E-state index in [2.05, 4.69) is 41.1 Å². The van der Waals surface area contributed by atoms with E-state index in [4.69, 9.17) is 25.4 Å². The van der Waals surface area contributed by atoms with E-state index in [1.165, 1.54) is 42.0 Å². The van der Waals surface area contributed by atoms with E-state index in [-0.39, 0.29) is 5.84 Å². The molecule has 1 aromatic heterocycles. The van der Waals surface area contributed by atoms with Crippen molar-refractivity contribution < 1.29 is 14.7 Å². The highest BCUT2D eigenvalue weighted by Gasteiger charge is 2.23. The Hall–Kier alpha value is -3.14. The van der Waals surface area contributed by atoms with Gasteiger partial charge in [-0.05, 0) is 81.3 Å². The molecule has 1 saturated heterocycles. The van der Waals surface area contributed by atoms with E-state index in [0.29, 0.717) is 17.2 Å². The van der Waals surface area contributed by atoms with Gasteiger partial charge in [-0.2, -0.15) is 0 Å². The molecule has 2 aromatic carbocycles. The van der Waals surface area contributed by atoms with Crippen molar-refractivity contribution in [1.29, 1.82) is 0 Å². The average molecular weight is 606 g/mol. The lowest BCUT2D eigenvalue weighted by molar-refractivity contribution is -0.00211. The van der Waals surface area contributed by atoms with Gasteiger partial charge in [0.2, 0.25) is 6.29 Å². The molecule has 2 aliphatic rings. The molecule has 9 heteroatoms. The van der Waals surface area contributed by atoms with E-state index in [0.717, 1.165) is 75.4 Å². The molecular formula is C34H47N5O3S. The first kappa shape index (κ1) is 31.3. The maximum atomic E-state index is 8.93. The number of likely N-dealkylation sites (N-methyl/N-ethyl adjacent to an activating group) is 1. The molecule has 1 saturated carbocycles. The summed E-state index contributed by atoms with van der Waals surface area (Å²) in [7, 11) is 2.21. The van der Waals surface area contributed by atoms with Crippen LogP contribution in [0.3, 0.4) is 0 Å². The lowest BCUT2D eigenvalue weighted by Gasteiger charge is -2.32. The molecule has 5 rings (SSSR count). The number of amidine groups is 1. The number of oxime groups is 1. The summed E-state index contributed by atoms with van der Waals surface area (Å²) in [4.78, 5) is 11.7. The van der Waals surface area contributed by atoms with Gasteiger partial charge in [-0.15, -0.1) is 11.3 Å². The predicted molar refractivity (Wildman–Crippen MR) is 175 cm³/mol. The summed E-state index contributed by atoms with van der Waals surface area (Å²) in [5, 5.41) is 13.3. The minimum absolute atomic E-state index is 0.0684. The highest BCUT2D eigenvalue weighted by molar-refractivity contribution is 7.12. The Bertz CT molecular complexity index is 1300. The zero-order valence-electron chi connectivity index (χ0n) is 25.7. The van der Waals surface area contributed by atoms with Gasteiger partial charge in [0.1, 0.15) is 11.5 Å². The van der Waals surface area contributed by atoms with Crippen molar-refractivity contribution >= 4 is 17.2 Å². The van der Waals surface area contributed by atoms with Crippen molar-refractivity contribution in [3.8, 4) is 22.8 Å². The third-order valence-electron chi connectivity index (χ3n) is 8.63. The summed E-state index contributed by atoms with van der Waals surface area (Å²) in [5.74, 6) is 2.13. The Morgan fingerprint density at radius 2 is 1.65 bits per heavy atom. The molecule has 1 aliphatic carbocycles. The van der Waals surface area contributed by atoms with Crippen LogP contribution >= 0.6 is 11.3 Å². The number of ether oxygens (including phenoxy) is 2. The number of rotatable bonds is 13. The molecule has 0 spiro atoms. The van der Waals surface area contributed by atoms with Crippen molar-refractivity contribution in [2.24, 2.45) is 10.9 Å². The van der Waals surface area contributed by atoms with Crippen LogP contribution < -0.4 is 15.2 Å². The van der Waals surface area contributed by atoms with Gasteiger partial charge in [-0.3, -0.25) is 0 Å². The first-order valence-electron chi connectivity index (χ1n) is 15.9. The normalized spacial score (nSPS) is 18.0. The van der Waals surface area contributed by atoms with Crippen LogP contribution in [-0.4, -0.2) is 71.9 Å². The molecule has 1 atom stereocenters. The lowest BCUT2D eigenvalue weighted by atomic mass is 9.90. The van der Waals surface area contributed by atoms with Crippen LogP contribution in [0.2, 0.25) is 0 Å². The second-order valence-electron chi connectivity index (χ2n) is 11.9. The second kappa shape index (κ2) is 15.5. The molecule has 2 fully saturated rings. The second-order valence-corrected chi connectivity index (χ2v) is 13.0. The molecule has 0 bridgehead atoms. The Morgan fingerprint density at radius 3 is 2.28 bits per heavy atom. The number of unbranched alkanes of at least 4 members (excludes halogenated alkanes) is 1. The van der Waals surface area contributed by atoms with Crippen molar-refractivity contribution in [3.63, 3.8) is 0 Å². The van der Waals surface area contributed by atoms with Crippen LogP contribution in [-0.2, 0) is 6.42 Å². The van der Waals surface area contributed by atoms with E-state index in [1.54, 1.807) is 12.1 Å². The Labute approximate surface area is 260 Å². The van der Waals surface area contributed by atoms with Crippen LogP contribution in [0.5, 0.6) is 11.5 Å². The van der Waals surface area contributed by atoms with Crippen LogP contribution in [0.25, 0.3) is 11.3 Å². The molecule has 1 aliphatic heterocycles. The molecule has 0 amide bonds. The number of hydrogen-bond acceptors (Lipinski definition) is 8. The third kappa shape index (κ3) is 8.71. The van der Waals surface area contributed by atoms with E-state index >= 15 is 0 Å². The number of hydrogen-bond donors (Lipinski definition) is 2. The first-order valence-corrected chi connectivity index (χ1v) is 16.8. The Balaban J connectivity index is 1.29. The van der Waals surface area contributed by atoms with Crippen LogP contribution in [0.4, 0.5) is 0 Å². The van der Waals surface area contributed by atoms with Crippen molar-refractivity contribution in [2.75, 3.05) is 39.8 Å². The summed E-state index contributed by atoms with van der Waals surface area (Å²) < 4.78 is 12.5. The number of nitrogens with zero attached hydrogens (tertiary/aromatic N) is 4. The highest BCUT2D eigenvalue weighted by Crippen LogP contribution is 2.39. The van der Waals surface area contributed by atoms with Gasteiger partial charge in [0.15, 0.2) is 5.84 Å². The van der Waals surface area contributed by atoms with Gasteiger partial charge >= 0.3 is 0 Å².